The van der Waals surface area contributed by atoms with Gasteiger partial charge in [-0.05, 0) is 12.5 Å². The van der Waals surface area contributed by atoms with E-state index in [1.807, 2.05) is 0 Å². The average Bonchev–Trinajstić information content (AvgIpc) is 2.13. The first-order chi connectivity index (χ1) is 7.79. The molecule has 0 aliphatic rings. The Labute approximate surface area is 95.9 Å². The van der Waals surface area contributed by atoms with Crippen molar-refractivity contribution in [3.8, 4) is 5.75 Å². The molecule has 6 nitrogen and oxygen atoms in total. The normalized spacial score (nSPS) is 11.9. The first-order valence-electron chi connectivity index (χ1n) is 4.54. The van der Waals surface area contributed by atoms with E-state index in [-0.39, 0.29) is 11.0 Å². The Balaban J connectivity index is 3.09. The molecule has 0 saturated heterocycles. The van der Waals surface area contributed by atoms with Crippen molar-refractivity contribution in [2.24, 2.45) is 0 Å². The largest absolute Gasteiger partial charge is 0.508 e. The molecule has 0 amide bonds. The Hall–Kier alpha value is -1.86. The van der Waals surface area contributed by atoms with Gasteiger partial charge in [-0.3, -0.25) is 4.55 Å². The first kappa shape index (κ1) is 11.6. The van der Waals surface area contributed by atoms with Crippen LogP contribution in [0.1, 0.15) is 5.56 Å². The molecule has 2 N–H and O–H groups in total. The van der Waals surface area contributed by atoms with E-state index >= 15 is 0 Å². The highest BCUT2D eigenvalue weighted by atomic mass is 32.2. The number of hydrogen-bond donors (Lipinski definition) is 2. The lowest BCUT2D eigenvalue weighted by Gasteiger charge is -2.06. The van der Waals surface area contributed by atoms with Crippen LogP contribution in [0.25, 0.3) is 11.0 Å². The summed E-state index contributed by atoms with van der Waals surface area (Å²) in [5, 5.41) is 9.39. The van der Waals surface area contributed by atoms with Gasteiger partial charge in [-0.15, -0.1) is 0 Å². The van der Waals surface area contributed by atoms with Crippen LogP contribution in [0.3, 0.4) is 0 Å². The van der Waals surface area contributed by atoms with Crippen molar-refractivity contribution in [2.45, 2.75) is 11.8 Å². The van der Waals surface area contributed by atoms with Crippen molar-refractivity contribution in [1.82, 2.24) is 0 Å². The molecule has 0 spiro atoms. The number of hydrogen-bond acceptors (Lipinski definition) is 5. The van der Waals surface area contributed by atoms with Gasteiger partial charge in [0, 0.05) is 23.6 Å². The number of benzene rings is 1. The molecule has 1 heterocycles. The molecule has 0 unspecified atom stereocenters. The second kappa shape index (κ2) is 3.57. The highest BCUT2D eigenvalue weighted by molar-refractivity contribution is 7.86. The zero-order valence-corrected chi connectivity index (χ0v) is 9.48. The van der Waals surface area contributed by atoms with Crippen LogP contribution in [0, 0.1) is 6.92 Å². The first-order valence-corrected chi connectivity index (χ1v) is 5.98. The number of phenols is 1. The van der Waals surface area contributed by atoms with Crippen molar-refractivity contribution in [1.29, 1.82) is 0 Å². The van der Waals surface area contributed by atoms with Crippen LogP contribution in [-0.4, -0.2) is 18.1 Å². The standard InChI is InChI=1S/C10H8O6S/c1-5-2-9(12)16-7-3-6(11)4-8(10(5)7)17(13,14)15/h2-4,11H,1H3,(H,13,14,15). The van der Waals surface area contributed by atoms with Gasteiger partial charge in [0.2, 0.25) is 0 Å². The summed E-state index contributed by atoms with van der Waals surface area (Å²) in [7, 11) is -4.51. The van der Waals surface area contributed by atoms with E-state index in [9.17, 15) is 18.3 Å². The Bertz CT molecular complexity index is 756. The third-order valence-corrected chi connectivity index (χ3v) is 3.15. The van der Waals surface area contributed by atoms with Gasteiger partial charge >= 0.3 is 5.63 Å². The predicted octanol–water partition coefficient (Wildman–Crippen LogP) is 1.05. The Kier molecular flexibility index (Phi) is 2.44. The molecule has 1 aromatic heterocycles. The van der Waals surface area contributed by atoms with Crippen LogP contribution >= 0.6 is 0 Å². The molecule has 17 heavy (non-hydrogen) atoms. The minimum absolute atomic E-state index is 0.0740. The number of aryl methyl sites for hydroxylation is 1. The van der Waals surface area contributed by atoms with Crippen LogP contribution in [0.15, 0.2) is 32.3 Å². The summed E-state index contributed by atoms with van der Waals surface area (Å²) in [4.78, 5) is 10.6. The van der Waals surface area contributed by atoms with Crippen molar-refractivity contribution >= 4 is 21.1 Å². The van der Waals surface area contributed by atoms with E-state index < -0.39 is 26.4 Å². The molecule has 0 aliphatic heterocycles. The molecule has 2 aromatic rings. The van der Waals surface area contributed by atoms with Gasteiger partial charge in [0.15, 0.2) is 0 Å². The molecule has 0 aliphatic carbocycles. The summed E-state index contributed by atoms with van der Waals surface area (Å²) >= 11 is 0. The van der Waals surface area contributed by atoms with Crippen molar-refractivity contribution in [2.75, 3.05) is 0 Å². The van der Waals surface area contributed by atoms with Gasteiger partial charge in [-0.1, -0.05) is 0 Å². The van der Waals surface area contributed by atoms with Crippen molar-refractivity contribution in [3.05, 3.63) is 34.2 Å². The van der Waals surface area contributed by atoms with E-state index in [1.54, 1.807) is 0 Å². The summed E-state index contributed by atoms with van der Waals surface area (Å²) in [6.07, 6.45) is 0. The third-order valence-electron chi connectivity index (χ3n) is 2.27. The maximum atomic E-state index is 11.2. The fourth-order valence-electron chi connectivity index (χ4n) is 1.64. The van der Waals surface area contributed by atoms with E-state index in [0.717, 1.165) is 18.2 Å². The minimum Gasteiger partial charge on any atom is -0.508 e. The van der Waals surface area contributed by atoms with Gasteiger partial charge in [-0.25, -0.2) is 4.79 Å². The van der Waals surface area contributed by atoms with Gasteiger partial charge in [0.1, 0.15) is 16.2 Å². The van der Waals surface area contributed by atoms with E-state index in [1.165, 1.54) is 6.92 Å². The van der Waals surface area contributed by atoms with Crippen LogP contribution in [0.2, 0.25) is 0 Å². The quantitative estimate of drug-likeness (QED) is 0.583. The molecule has 0 bridgehead atoms. The summed E-state index contributed by atoms with van der Waals surface area (Å²) in [6.45, 7) is 1.50. The fraction of sp³-hybridized carbons (Fsp3) is 0.100. The van der Waals surface area contributed by atoms with Gasteiger partial charge in [-0.2, -0.15) is 8.42 Å². The highest BCUT2D eigenvalue weighted by Gasteiger charge is 2.18. The number of aromatic hydroxyl groups is 1. The summed E-state index contributed by atoms with van der Waals surface area (Å²) in [6, 6.07) is 3.11. The molecule has 0 radical (unpaired) electrons. The van der Waals surface area contributed by atoms with Gasteiger partial charge < -0.3 is 9.52 Å². The summed E-state index contributed by atoms with van der Waals surface area (Å²) < 4.78 is 36.1. The smallest absolute Gasteiger partial charge is 0.336 e. The second-order valence-electron chi connectivity index (χ2n) is 3.54. The van der Waals surface area contributed by atoms with Gasteiger partial charge in [0.05, 0.1) is 0 Å². The van der Waals surface area contributed by atoms with Crippen LogP contribution in [0.4, 0.5) is 0 Å². The van der Waals surface area contributed by atoms with Crippen LogP contribution in [0.5, 0.6) is 5.75 Å². The molecule has 0 saturated carbocycles. The Morgan fingerprint density at radius 2 is 1.88 bits per heavy atom. The number of phenolic OH excluding ortho intramolecular Hbond substituents is 1. The predicted molar refractivity (Wildman–Crippen MR) is 58.7 cm³/mol. The molecule has 7 heteroatoms. The Morgan fingerprint density at radius 3 is 2.47 bits per heavy atom. The molecule has 0 atom stereocenters. The minimum atomic E-state index is -4.51. The van der Waals surface area contributed by atoms with E-state index in [4.69, 9.17) is 8.97 Å². The SMILES string of the molecule is Cc1cc(=O)oc2cc(O)cc(S(=O)(=O)O)c12. The number of rotatable bonds is 1. The maximum Gasteiger partial charge on any atom is 0.336 e. The maximum absolute atomic E-state index is 11.2. The lowest BCUT2D eigenvalue weighted by molar-refractivity contribution is 0.464. The molecule has 90 valence electrons. The van der Waals surface area contributed by atoms with E-state index in [2.05, 4.69) is 0 Å². The van der Waals surface area contributed by atoms with Crippen LogP contribution < -0.4 is 5.63 Å². The average molecular weight is 256 g/mol. The third kappa shape index (κ3) is 2.02. The summed E-state index contributed by atoms with van der Waals surface area (Å²) in [5.74, 6) is -0.418. The monoisotopic (exact) mass is 256 g/mol. The summed E-state index contributed by atoms with van der Waals surface area (Å²) in [5.41, 5.74) is -0.423. The lowest BCUT2D eigenvalue weighted by Crippen LogP contribution is -2.04. The van der Waals surface area contributed by atoms with Crippen LogP contribution in [-0.2, 0) is 10.1 Å². The van der Waals surface area contributed by atoms with Crippen molar-refractivity contribution < 1.29 is 22.5 Å². The molecular weight excluding hydrogens is 248 g/mol. The zero-order valence-electron chi connectivity index (χ0n) is 8.67. The number of fused-ring (bicyclic) bond motifs is 1. The fourth-order valence-corrected chi connectivity index (χ4v) is 2.42. The highest BCUT2D eigenvalue weighted by Crippen LogP contribution is 2.29. The molecule has 2 rings (SSSR count). The van der Waals surface area contributed by atoms with E-state index in [0.29, 0.717) is 5.56 Å². The second-order valence-corrected chi connectivity index (χ2v) is 4.93. The lowest BCUT2D eigenvalue weighted by atomic mass is 10.1. The topological polar surface area (TPSA) is 105 Å². The molecular formula is C10H8O6S. The van der Waals surface area contributed by atoms with Gasteiger partial charge in [0.25, 0.3) is 10.1 Å². The molecule has 0 fully saturated rings. The van der Waals surface area contributed by atoms with Crippen molar-refractivity contribution in [3.63, 3.8) is 0 Å². The zero-order chi connectivity index (χ0) is 12.8. The Morgan fingerprint density at radius 1 is 1.24 bits per heavy atom. The molecule has 1 aromatic carbocycles.